The molecule has 0 bridgehead atoms. The molecule has 0 saturated carbocycles. The Morgan fingerprint density at radius 2 is 2.00 bits per heavy atom. The fourth-order valence-electron chi connectivity index (χ4n) is 1.88. The lowest BCUT2D eigenvalue weighted by Gasteiger charge is -2.20. The Morgan fingerprint density at radius 1 is 1.28 bits per heavy atom. The maximum atomic E-state index is 10.4. The highest BCUT2D eigenvalue weighted by Gasteiger charge is 2.15. The molecule has 0 aliphatic carbocycles. The van der Waals surface area contributed by atoms with Gasteiger partial charge in [0, 0.05) is 6.42 Å². The fourth-order valence-corrected chi connectivity index (χ4v) is 1.88. The molecule has 1 atom stereocenters. The molecule has 1 aliphatic rings. The molecule has 5 nitrogen and oxygen atoms in total. The van der Waals surface area contributed by atoms with Gasteiger partial charge in [-0.15, -0.1) is 0 Å². The van der Waals surface area contributed by atoms with Crippen LogP contribution in [0.5, 0.6) is 11.5 Å². The fraction of sp³-hybridized carbons (Fsp3) is 0.462. The van der Waals surface area contributed by atoms with Crippen LogP contribution in [0.1, 0.15) is 30.9 Å². The Morgan fingerprint density at radius 3 is 2.72 bits per heavy atom. The summed E-state index contributed by atoms with van der Waals surface area (Å²) >= 11 is 0. The summed E-state index contributed by atoms with van der Waals surface area (Å²) in [5.41, 5.74) is 0.727. The first-order valence-corrected chi connectivity index (χ1v) is 5.96. The van der Waals surface area contributed by atoms with E-state index in [-0.39, 0.29) is 6.42 Å². The van der Waals surface area contributed by atoms with Gasteiger partial charge in [0.05, 0.1) is 6.10 Å². The van der Waals surface area contributed by atoms with Crippen LogP contribution in [0.3, 0.4) is 0 Å². The molecule has 1 aromatic rings. The summed E-state index contributed by atoms with van der Waals surface area (Å²) in [6, 6.07) is 5.29. The third-order valence-electron chi connectivity index (χ3n) is 2.82. The number of fused-ring (bicyclic) bond motifs is 1. The summed E-state index contributed by atoms with van der Waals surface area (Å²) in [5.74, 6) is 0.475. The number of carboxylic acids is 1. The first kappa shape index (κ1) is 12.7. The first-order valence-electron chi connectivity index (χ1n) is 5.96. The summed E-state index contributed by atoms with van der Waals surface area (Å²) < 4.78 is 10.8. The Balaban J connectivity index is 1.97. The zero-order valence-electron chi connectivity index (χ0n) is 9.96. The molecule has 2 N–H and O–H groups in total. The SMILES string of the molecule is O=C(O)CCC[C@@H](O)c1ccc2c(c1)OCCO2. The highest BCUT2D eigenvalue weighted by molar-refractivity contribution is 5.66. The zero-order chi connectivity index (χ0) is 13.0. The average molecular weight is 252 g/mol. The second-order valence-electron chi connectivity index (χ2n) is 4.20. The van der Waals surface area contributed by atoms with E-state index >= 15 is 0 Å². The van der Waals surface area contributed by atoms with Crippen molar-refractivity contribution in [2.75, 3.05) is 13.2 Å². The number of benzene rings is 1. The quantitative estimate of drug-likeness (QED) is 0.834. The van der Waals surface area contributed by atoms with Crippen LogP contribution in [-0.2, 0) is 4.79 Å². The number of carboxylic acid groups (broad SMARTS) is 1. The Hall–Kier alpha value is -1.75. The van der Waals surface area contributed by atoms with Crippen molar-refractivity contribution >= 4 is 5.97 Å². The average Bonchev–Trinajstić information content (AvgIpc) is 2.37. The minimum absolute atomic E-state index is 0.0710. The molecule has 0 unspecified atom stereocenters. The van der Waals surface area contributed by atoms with Crippen molar-refractivity contribution in [2.45, 2.75) is 25.4 Å². The van der Waals surface area contributed by atoms with Gasteiger partial charge in [0.25, 0.3) is 0 Å². The van der Waals surface area contributed by atoms with E-state index < -0.39 is 12.1 Å². The summed E-state index contributed by atoms with van der Waals surface area (Å²) in [5, 5.41) is 18.5. The molecule has 0 amide bonds. The van der Waals surface area contributed by atoms with E-state index in [2.05, 4.69) is 0 Å². The first-order chi connectivity index (χ1) is 8.66. The van der Waals surface area contributed by atoms with E-state index in [0.29, 0.717) is 37.6 Å². The van der Waals surface area contributed by atoms with Crippen molar-refractivity contribution in [3.8, 4) is 11.5 Å². The minimum atomic E-state index is -0.843. The monoisotopic (exact) mass is 252 g/mol. The van der Waals surface area contributed by atoms with Gasteiger partial charge in [0.2, 0.25) is 0 Å². The van der Waals surface area contributed by atoms with Crippen LogP contribution in [-0.4, -0.2) is 29.4 Å². The normalized spacial score (nSPS) is 15.2. The van der Waals surface area contributed by atoms with Gasteiger partial charge in [-0.25, -0.2) is 0 Å². The van der Waals surface area contributed by atoms with E-state index in [1.165, 1.54) is 0 Å². The molecule has 0 radical (unpaired) electrons. The number of hydrogen-bond donors (Lipinski definition) is 2. The topological polar surface area (TPSA) is 76.0 Å². The van der Waals surface area contributed by atoms with Crippen LogP contribution < -0.4 is 9.47 Å². The Kier molecular flexibility index (Phi) is 4.04. The number of ether oxygens (including phenoxy) is 2. The van der Waals surface area contributed by atoms with Crippen molar-refractivity contribution < 1.29 is 24.5 Å². The molecule has 98 valence electrons. The van der Waals surface area contributed by atoms with Crippen LogP contribution in [0.4, 0.5) is 0 Å². The van der Waals surface area contributed by atoms with Crippen molar-refractivity contribution in [3.05, 3.63) is 23.8 Å². The Bertz CT molecular complexity index is 429. The van der Waals surface area contributed by atoms with E-state index in [9.17, 15) is 9.90 Å². The van der Waals surface area contributed by atoms with Gasteiger partial charge in [0.1, 0.15) is 13.2 Å². The van der Waals surface area contributed by atoms with Crippen LogP contribution in [0.25, 0.3) is 0 Å². The largest absolute Gasteiger partial charge is 0.486 e. The standard InChI is InChI=1S/C13H16O5/c14-10(2-1-3-13(15)16)9-4-5-11-12(8-9)18-7-6-17-11/h4-5,8,10,14H,1-3,6-7H2,(H,15,16)/t10-/m1/s1. The lowest BCUT2D eigenvalue weighted by Crippen LogP contribution is -2.15. The second-order valence-corrected chi connectivity index (χ2v) is 4.20. The summed E-state index contributed by atoms with van der Waals surface area (Å²) in [4.78, 5) is 10.4. The van der Waals surface area contributed by atoms with Crippen LogP contribution >= 0.6 is 0 Å². The smallest absolute Gasteiger partial charge is 0.303 e. The lowest BCUT2D eigenvalue weighted by atomic mass is 10.0. The van der Waals surface area contributed by atoms with Crippen molar-refractivity contribution in [2.24, 2.45) is 0 Å². The summed E-state index contributed by atoms with van der Waals surface area (Å²) in [6.45, 7) is 1.04. The number of rotatable bonds is 5. The number of aliphatic hydroxyl groups is 1. The van der Waals surface area contributed by atoms with Crippen LogP contribution in [0.15, 0.2) is 18.2 Å². The third-order valence-corrected chi connectivity index (χ3v) is 2.82. The molecular formula is C13H16O5. The Labute approximate surface area is 105 Å². The molecule has 1 aromatic carbocycles. The highest BCUT2D eigenvalue weighted by atomic mass is 16.6. The summed E-state index contributed by atoms with van der Waals surface area (Å²) in [7, 11) is 0. The zero-order valence-corrected chi connectivity index (χ0v) is 9.96. The van der Waals surface area contributed by atoms with Gasteiger partial charge in [0.15, 0.2) is 11.5 Å². The molecule has 1 aliphatic heterocycles. The van der Waals surface area contributed by atoms with Crippen LogP contribution in [0, 0.1) is 0 Å². The van der Waals surface area contributed by atoms with Gasteiger partial charge in [-0.2, -0.15) is 0 Å². The van der Waals surface area contributed by atoms with E-state index in [1.807, 2.05) is 0 Å². The van der Waals surface area contributed by atoms with Gasteiger partial charge < -0.3 is 19.7 Å². The second kappa shape index (κ2) is 5.73. The van der Waals surface area contributed by atoms with Crippen molar-refractivity contribution in [3.63, 3.8) is 0 Å². The van der Waals surface area contributed by atoms with E-state index in [4.69, 9.17) is 14.6 Å². The molecule has 5 heteroatoms. The third kappa shape index (κ3) is 3.13. The number of aliphatic hydroxyl groups excluding tert-OH is 1. The molecule has 18 heavy (non-hydrogen) atoms. The molecular weight excluding hydrogens is 236 g/mol. The van der Waals surface area contributed by atoms with Crippen molar-refractivity contribution in [1.29, 1.82) is 0 Å². The molecule has 0 spiro atoms. The molecule has 0 fully saturated rings. The van der Waals surface area contributed by atoms with Crippen molar-refractivity contribution in [1.82, 2.24) is 0 Å². The summed E-state index contributed by atoms with van der Waals surface area (Å²) in [6.07, 6.45) is 0.276. The van der Waals surface area contributed by atoms with Gasteiger partial charge in [-0.05, 0) is 30.5 Å². The molecule has 2 rings (SSSR count). The highest BCUT2D eigenvalue weighted by Crippen LogP contribution is 2.33. The molecule has 0 aromatic heterocycles. The minimum Gasteiger partial charge on any atom is -0.486 e. The molecule has 0 saturated heterocycles. The molecule has 1 heterocycles. The van der Waals surface area contributed by atoms with Gasteiger partial charge >= 0.3 is 5.97 Å². The predicted octanol–water partition coefficient (Wildman–Crippen LogP) is 1.75. The van der Waals surface area contributed by atoms with Gasteiger partial charge in [-0.3, -0.25) is 4.79 Å². The maximum absolute atomic E-state index is 10.4. The number of carbonyl (C=O) groups is 1. The van der Waals surface area contributed by atoms with E-state index in [0.717, 1.165) is 5.56 Å². The maximum Gasteiger partial charge on any atom is 0.303 e. The van der Waals surface area contributed by atoms with Gasteiger partial charge in [-0.1, -0.05) is 6.07 Å². The van der Waals surface area contributed by atoms with Crippen LogP contribution in [0.2, 0.25) is 0 Å². The van der Waals surface area contributed by atoms with E-state index in [1.54, 1.807) is 18.2 Å². The number of aliphatic carboxylic acids is 1. The lowest BCUT2D eigenvalue weighted by molar-refractivity contribution is -0.137. The predicted molar refractivity (Wildman–Crippen MR) is 63.9 cm³/mol. The number of hydrogen-bond acceptors (Lipinski definition) is 4.